The monoisotopic (exact) mass is 220 g/mol. The van der Waals surface area contributed by atoms with E-state index in [-0.39, 0.29) is 0 Å². The van der Waals surface area contributed by atoms with Gasteiger partial charge in [0.15, 0.2) is 0 Å². The number of carboxylic acids is 1. The predicted octanol–water partition coefficient (Wildman–Crippen LogP) is 1.81. The van der Waals surface area contributed by atoms with E-state index in [1.54, 1.807) is 12.3 Å². The Hall–Kier alpha value is -1.42. The summed E-state index contributed by atoms with van der Waals surface area (Å²) >= 11 is 0. The van der Waals surface area contributed by atoms with E-state index < -0.39 is 5.97 Å². The summed E-state index contributed by atoms with van der Waals surface area (Å²) in [5.74, 6) is -0.899. The molecular weight excluding hydrogens is 204 g/mol. The maximum Gasteiger partial charge on any atom is 0.335 e. The SMILES string of the molecule is O=C(O)c1ccnc(CNC2CCCC2)c1. The molecular formula is C12H16N2O2. The van der Waals surface area contributed by atoms with E-state index in [1.807, 2.05) is 0 Å². The van der Waals surface area contributed by atoms with Gasteiger partial charge in [-0.2, -0.15) is 0 Å². The van der Waals surface area contributed by atoms with Gasteiger partial charge in [-0.15, -0.1) is 0 Å². The average molecular weight is 220 g/mol. The van der Waals surface area contributed by atoms with Crippen LogP contribution in [-0.2, 0) is 6.54 Å². The van der Waals surface area contributed by atoms with Gasteiger partial charge in [-0.1, -0.05) is 12.8 Å². The van der Waals surface area contributed by atoms with Crippen LogP contribution in [0.4, 0.5) is 0 Å². The predicted molar refractivity (Wildman–Crippen MR) is 60.3 cm³/mol. The lowest BCUT2D eigenvalue weighted by atomic mass is 10.2. The fourth-order valence-corrected chi connectivity index (χ4v) is 2.09. The van der Waals surface area contributed by atoms with Crippen LogP contribution in [0, 0.1) is 0 Å². The number of aromatic carboxylic acids is 1. The molecule has 0 bridgehead atoms. The summed E-state index contributed by atoms with van der Waals surface area (Å²) in [7, 11) is 0. The Labute approximate surface area is 94.7 Å². The van der Waals surface area contributed by atoms with Crippen LogP contribution in [0.15, 0.2) is 18.3 Å². The van der Waals surface area contributed by atoms with Gasteiger partial charge in [0.1, 0.15) is 0 Å². The Kier molecular flexibility index (Phi) is 3.51. The van der Waals surface area contributed by atoms with E-state index in [0.717, 1.165) is 5.69 Å². The van der Waals surface area contributed by atoms with Crippen molar-refractivity contribution in [2.75, 3.05) is 0 Å². The van der Waals surface area contributed by atoms with Crippen LogP contribution < -0.4 is 5.32 Å². The lowest BCUT2D eigenvalue weighted by Crippen LogP contribution is -2.25. The minimum atomic E-state index is -0.899. The molecule has 0 radical (unpaired) electrons. The van der Waals surface area contributed by atoms with Gasteiger partial charge in [0.05, 0.1) is 11.3 Å². The zero-order valence-corrected chi connectivity index (χ0v) is 9.15. The Morgan fingerprint density at radius 1 is 1.50 bits per heavy atom. The first-order valence-electron chi connectivity index (χ1n) is 5.67. The highest BCUT2D eigenvalue weighted by atomic mass is 16.4. The number of nitrogens with one attached hydrogen (secondary N) is 1. The zero-order valence-electron chi connectivity index (χ0n) is 9.15. The van der Waals surface area contributed by atoms with Crippen molar-refractivity contribution in [1.29, 1.82) is 0 Å². The molecule has 1 aromatic heterocycles. The van der Waals surface area contributed by atoms with Crippen LogP contribution in [0.5, 0.6) is 0 Å². The van der Waals surface area contributed by atoms with E-state index in [0.29, 0.717) is 18.2 Å². The number of hydrogen-bond acceptors (Lipinski definition) is 3. The molecule has 1 fully saturated rings. The van der Waals surface area contributed by atoms with Gasteiger partial charge in [-0.05, 0) is 25.0 Å². The number of rotatable bonds is 4. The highest BCUT2D eigenvalue weighted by Gasteiger charge is 2.14. The fraction of sp³-hybridized carbons (Fsp3) is 0.500. The van der Waals surface area contributed by atoms with Crippen molar-refractivity contribution in [1.82, 2.24) is 10.3 Å². The lowest BCUT2D eigenvalue weighted by Gasteiger charge is -2.11. The average Bonchev–Trinajstić information content (AvgIpc) is 2.79. The van der Waals surface area contributed by atoms with Crippen molar-refractivity contribution in [3.8, 4) is 0 Å². The molecule has 1 heterocycles. The molecule has 0 saturated heterocycles. The van der Waals surface area contributed by atoms with E-state index in [1.165, 1.54) is 31.7 Å². The summed E-state index contributed by atoms with van der Waals surface area (Å²) < 4.78 is 0. The second kappa shape index (κ2) is 5.07. The molecule has 4 heteroatoms. The number of hydrogen-bond donors (Lipinski definition) is 2. The molecule has 86 valence electrons. The Morgan fingerprint density at radius 3 is 2.94 bits per heavy atom. The van der Waals surface area contributed by atoms with Gasteiger partial charge < -0.3 is 10.4 Å². The molecule has 0 amide bonds. The first-order chi connectivity index (χ1) is 7.75. The lowest BCUT2D eigenvalue weighted by molar-refractivity contribution is 0.0696. The topological polar surface area (TPSA) is 62.2 Å². The number of carbonyl (C=O) groups is 1. The molecule has 1 aromatic rings. The number of carboxylic acid groups (broad SMARTS) is 1. The van der Waals surface area contributed by atoms with Gasteiger partial charge in [0, 0.05) is 18.8 Å². The van der Waals surface area contributed by atoms with Crippen molar-refractivity contribution in [2.45, 2.75) is 38.3 Å². The summed E-state index contributed by atoms with van der Waals surface area (Å²) in [5, 5.41) is 12.2. The third kappa shape index (κ3) is 2.79. The molecule has 4 nitrogen and oxygen atoms in total. The van der Waals surface area contributed by atoms with Crippen LogP contribution in [0.2, 0.25) is 0 Å². The smallest absolute Gasteiger partial charge is 0.335 e. The molecule has 0 unspecified atom stereocenters. The van der Waals surface area contributed by atoms with Crippen LogP contribution >= 0.6 is 0 Å². The van der Waals surface area contributed by atoms with Crippen molar-refractivity contribution in [3.63, 3.8) is 0 Å². The molecule has 1 saturated carbocycles. The van der Waals surface area contributed by atoms with Crippen LogP contribution in [0.1, 0.15) is 41.7 Å². The third-order valence-corrected chi connectivity index (χ3v) is 2.99. The van der Waals surface area contributed by atoms with E-state index in [4.69, 9.17) is 5.11 Å². The highest BCUT2D eigenvalue weighted by Crippen LogP contribution is 2.17. The zero-order chi connectivity index (χ0) is 11.4. The first-order valence-corrected chi connectivity index (χ1v) is 5.67. The molecule has 1 aliphatic rings. The maximum absolute atomic E-state index is 10.8. The van der Waals surface area contributed by atoms with Crippen molar-refractivity contribution < 1.29 is 9.90 Å². The van der Waals surface area contributed by atoms with Gasteiger partial charge in [0.25, 0.3) is 0 Å². The summed E-state index contributed by atoms with van der Waals surface area (Å²) in [5.41, 5.74) is 1.10. The normalized spacial score (nSPS) is 16.5. The number of aromatic nitrogens is 1. The van der Waals surface area contributed by atoms with Gasteiger partial charge in [0.2, 0.25) is 0 Å². The second-order valence-electron chi connectivity index (χ2n) is 4.20. The molecule has 2 N–H and O–H groups in total. The summed E-state index contributed by atoms with van der Waals surface area (Å²) in [4.78, 5) is 14.9. The van der Waals surface area contributed by atoms with E-state index in [9.17, 15) is 4.79 Å². The molecule has 2 rings (SSSR count). The van der Waals surface area contributed by atoms with Crippen LogP contribution in [0.25, 0.3) is 0 Å². The number of pyridine rings is 1. The van der Waals surface area contributed by atoms with Gasteiger partial charge in [-0.3, -0.25) is 4.98 Å². The first kappa shape index (κ1) is 11.1. The summed E-state index contributed by atoms with van der Waals surface area (Å²) in [6.07, 6.45) is 6.58. The molecule has 0 atom stereocenters. The second-order valence-corrected chi connectivity index (χ2v) is 4.20. The van der Waals surface area contributed by atoms with Crippen molar-refractivity contribution in [2.24, 2.45) is 0 Å². The fourth-order valence-electron chi connectivity index (χ4n) is 2.09. The van der Waals surface area contributed by atoms with Crippen LogP contribution in [-0.4, -0.2) is 22.1 Å². The molecule has 16 heavy (non-hydrogen) atoms. The maximum atomic E-state index is 10.8. The third-order valence-electron chi connectivity index (χ3n) is 2.99. The Balaban J connectivity index is 1.93. The standard InChI is InChI=1S/C12H16N2O2/c15-12(16)9-5-6-13-11(7-9)8-14-10-3-1-2-4-10/h5-7,10,14H,1-4,8H2,(H,15,16). The minimum Gasteiger partial charge on any atom is -0.478 e. The largest absolute Gasteiger partial charge is 0.478 e. The van der Waals surface area contributed by atoms with Crippen LogP contribution in [0.3, 0.4) is 0 Å². The molecule has 0 aliphatic heterocycles. The summed E-state index contributed by atoms with van der Waals surface area (Å²) in [6.45, 7) is 0.659. The summed E-state index contributed by atoms with van der Waals surface area (Å²) in [6, 6.07) is 3.72. The van der Waals surface area contributed by atoms with Gasteiger partial charge >= 0.3 is 5.97 Å². The van der Waals surface area contributed by atoms with Crippen molar-refractivity contribution in [3.05, 3.63) is 29.6 Å². The molecule has 0 spiro atoms. The quantitative estimate of drug-likeness (QED) is 0.812. The number of nitrogens with zero attached hydrogens (tertiary/aromatic N) is 1. The Morgan fingerprint density at radius 2 is 2.25 bits per heavy atom. The van der Waals surface area contributed by atoms with E-state index >= 15 is 0 Å². The highest BCUT2D eigenvalue weighted by molar-refractivity contribution is 5.87. The minimum absolute atomic E-state index is 0.304. The van der Waals surface area contributed by atoms with Crippen molar-refractivity contribution >= 4 is 5.97 Å². The van der Waals surface area contributed by atoms with Gasteiger partial charge in [-0.25, -0.2) is 4.79 Å². The Bertz CT molecular complexity index is 373. The molecule has 0 aromatic carbocycles. The molecule has 1 aliphatic carbocycles. The van der Waals surface area contributed by atoms with E-state index in [2.05, 4.69) is 10.3 Å².